The van der Waals surface area contributed by atoms with E-state index >= 15 is 0 Å². The number of ether oxygens (including phenoxy) is 1. The molecule has 1 saturated heterocycles. The number of carbonyl (C=O) groups is 1. The fraction of sp³-hybridized carbons (Fsp3) is 0.333. The van der Waals surface area contributed by atoms with Crippen LogP contribution in [-0.2, 0) is 11.3 Å². The summed E-state index contributed by atoms with van der Waals surface area (Å²) in [5, 5.41) is 4.00. The van der Waals surface area contributed by atoms with Crippen LogP contribution < -0.4 is 10.2 Å². The van der Waals surface area contributed by atoms with Crippen molar-refractivity contribution in [3.8, 4) is 0 Å². The standard InChI is InChI=1S/C18H19BrN4O2S/c1-2-22-11-12(19)9-15(22)17(24)20-13-3-4-14-16(10-13)26-18(21-14)23-5-7-25-8-6-23/h3-4,9-11H,2,5-8H2,1H3,(H,20,24). The van der Waals surface area contributed by atoms with E-state index in [1.54, 1.807) is 11.3 Å². The van der Waals surface area contributed by atoms with Gasteiger partial charge in [-0.15, -0.1) is 0 Å². The molecule has 0 bridgehead atoms. The fourth-order valence-electron chi connectivity index (χ4n) is 3.00. The highest BCUT2D eigenvalue weighted by Gasteiger charge is 2.16. The zero-order chi connectivity index (χ0) is 18.1. The molecule has 3 aromatic rings. The predicted octanol–water partition coefficient (Wildman–Crippen LogP) is 3.97. The van der Waals surface area contributed by atoms with Crippen molar-refractivity contribution in [3.63, 3.8) is 0 Å². The lowest BCUT2D eigenvalue weighted by Gasteiger charge is -2.25. The summed E-state index contributed by atoms with van der Waals surface area (Å²) in [5.74, 6) is -0.116. The van der Waals surface area contributed by atoms with Crippen molar-refractivity contribution in [2.75, 3.05) is 36.5 Å². The van der Waals surface area contributed by atoms with Gasteiger partial charge in [-0.1, -0.05) is 11.3 Å². The number of morpholine rings is 1. The van der Waals surface area contributed by atoms with Crippen molar-refractivity contribution in [2.45, 2.75) is 13.5 Å². The van der Waals surface area contributed by atoms with Crippen molar-refractivity contribution < 1.29 is 9.53 Å². The Morgan fingerprint density at radius 3 is 2.92 bits per heavy atom. The molecule has 6 nitrogen and oxygen atoms in total. The molecular formula is C18H19BrN4O2S. The number of nitrogens with one attached hydrogen (secondary N) is 1. The van der Waals surface area contributed by atoms with E-state index in [0.29, 0.717) is 5.69 Å². The van der Waals surface area contributed by atoms with E-state index < -0.39 is 0 Å². The van der Waals surface area contributed by atoms with Crippen molar-refractivity contribution in [2.24, 2.45) is 0 Å². The SMILES string of the molecule is CCn1cc(Br)cc1C(=O)Nc1ccc2nc(N3CCOCC3)sc2c1. The van der Waals surface area contributed by atoms with Crippen LogP contribution in [0.25, 0.3) is 10.2 Å². The molecule has 4 rings (SSSR count). The molecule has 3 heterocycles. The number of amides is 1. The molecule has 26 heavy (non-hydrogen) atoms. The average Bonchev–Trinajstić information content (AvgIpc) is 3.25. The Bertz CT molecular complexity index is 946. The molecule has 0 aliphatic carbocycles. The number of aromatic nitrogens is 2. The summed E-state index contributed by atoms with van der Waals surface area (Å²) in [6.45, 7) is 5.97. The van der Waals surface area contributed by atoms with Crippen LogP contribution in [0.3, 0.4) is 0 Å². The Labute approximate surface area is 163 Å². The summed E-state index contributed by atoms with van der Waals surface area (Å²) in [5.41, 5.74) is 2.37. The van der Waals surface area contributed by atoms with Crippen LogP contribution in [0.5, 0.6) is 0 Å². The number of benzene rings is 1. The number of aryl methyl sites for hydroxylation is 1. The van der Waals surface area contributed by atoms with Gasteiger partial charge in [0.15, 0.2) is 5.13 Å². The fourth-order valence-corrected chi connectivity index (χ4v) is 4.52. The van der Waals surface area contributed by atoms with Gasteiger partial charge in [0, 0.05) is 36.0 Å². The van der Waals surface area contributed by atoms with Gasteiger partial charge in [-0.3, -0.25) is 4.79 Å². The van der Waals surface area contributed by atoms with E-state index in [2.05, 4.69) is 26.1 Å². The third-order valence-electron chi connectivity index (χ3n) is 4.35. The molecule has 8 heteroatoms. The number of thiazole rings is 1. The van der Waals surface area contributed by atoms with Crippen LogP contribution in [-0.4, -0.2) is 41.8 Å². The first-order chi connectivity index (χ1) is 12.6. The maximum Gasteiger partial charge on any atom is 0.272 e. The van der Waals surface area contributed by atoms with E-state index in [1.165, 1.54) is 0 Å². The maximum absolute atomic E-state index is 12.6. The summed E-state index contributed by atoms with van der Waals surface area (Å²) >= 11 is 5.08. The molecule has 1 N–H and O–H groups in total. The Kier molecular flexibility index (Phi) is 4.97. The van der Waals surface area contributed by atoms with Crippen LogP contribution in [0.1, 0.15) is 17.4 Å². The summed E-state index contributed by atoms with van der Waals surface area (Å²) in [6, 6.07) is 7.68. The molecule has 0 radical (unpaired) electrons. The number of rotatable bonds is 4. The number of fused-ring (bicyclic) bond motifs is 1. The second-order valence-corrected chi connectivity index (χ2v) is 7.99. The van der Waals surface area contributed by atoms with Crippen LogP contribution in [0, 0.1) is 0 Å². The highest BCUT2D eigenvalue weighted by Crippen LogP contribution is 2.31. The zero-order valence-corrected chi connectivity index (χ0v) is 16.8. The van der Waals surface area contributed by atoms with Crippen LogP contribution in [0.2, 0.25) is 0 Å². The minimum atomic E-state index is -0.116. The molecule has 1 fully saturated rings. The number of halogens is 1. The Balaban J connectivity index is 1.56. The van der Waals surface area contributed by atoms with Crippen molar-refractivity contribution >= 4 is 54.2 Å². The van der Waals surface area contributed by atoms with Crippen molar-refractivity contribution in [3.05, 3.63) is 40.6 Å². The first kappa shape index (κ1) is 17.5. The Hall–Kier alpha value is -1.90. The number of hydrogen-bond donors (Lipinski definition) is 1. The molecule has 1 aromatic carbocycles. The quantitative estimate of drug-likeness (QED) is 0.674. The minimum Gasteiger partial charge on any atom is -0.378 e. The second-order valence-electron chi connectivity index (χ2n) is 6.06. The van der Waals surface area contributed by atoms with E-state index in [1.807, 2.05) is 42.0 Å². The summed E-state index contributed by atoms with van der Waals surface area (Å²) in [4.78, 5) is 19.6. The number of nitrogens with zero attached hydrogens (tertiary/aromatic N) is 3. The molecule has 0 unspecified atom stereocenters. The zero-order valence-electron chi connectivity index (χ0n) is 14.4. The summed E-state index contributed by atoms with van der Waals surface area (Å²) in [6.07, 6.45) is 1.91. The lowest BCUT2D eigenvalue weighted by atomic mass is 10.3. The van der Waals surface area contributed by atoms with Gasteiger partial charge >= 0.3 is 0 Å². The highest BCUT2D eigenvalue weighted by molar-refractivity contribution is 9.10. The lowest BCUT2D eigenvalue weighted by Crippen LogP contribution is -2.36. The van der Waals surface area contributed by atoms with Gasteiger partial charge in [-0.25, -0.2) is 4.98 Å². The molecule has 1 amide bonds. The Morgan fingerprint density at radius 2 is 2.15 bits per heavy atom. The van der Waals surface area contributed by atoms with E-state index in [-0.39, 0.29) is 5.91 Å². The second kappa shape index (κ2) is 7.38. The van der Waals surface area contributed by atoms with Gasteiger partial charge in [0.1, 0.15) is 5.69 Å². The third kappa shape index (κ3) is 3.49. The first-order valence-electron chi connectivity index (χ1n) is 8.54. The van der Waals surface area contributed by atoms with Gasteiger partial charge in [0.25, 0.3) is 5.91 Å². The molecule has 2 aromatic heterocycles. The van der Waals surface area contributed by atoms with Gasteiger partial charge < -0.3 is 19.5 Å². The van der Waals surface area contributed by atoms with Gasteiger partial charge in [0.05, 0.1) is 23.4 Å². The minimum absolute atomic E-state index is 0.116. The monoisotopic (exact) mass is 434 g/mol. The average molecular weight is 435 g/mol. The Morgan fingerprint density at radius 1 is 1.35 bits per heavy atom. The largest absolute Gasteiger partial charge is 0.378 e. The lowest BCUT2D eigenvalue weighted by molar-refractivity contribution is 0.101. The predicted molar refractivity (Wildman–Crippen MR) is 108 cm³/mol. The number of hydrogen-bond acceptors (Lipinski definition) is 5. The van der Waals surface area contributed by atoms with Crippen molar-refractivity contribution in [1.29, 1.82) is 0 Å². The molecule has 0 atom stereocenters. The molecule has 0 spiro atoms. The van der Waals surface area contributed by atoms with E-state index in [0.717, 1.165) is 58.4 Å². The molecular weight excluding hydrogens is 416 g/mol. The van der Waals surface area contributed by atoms with E-state index in [9.17, 15) is 4.79 Å². The smallest absolute Gasteiger partial charge is 0.272 e. The molecule has 136 valence electrons. The number of carbonyl (C=O) groups excluding carboxylic acids is 1. The molecule has 1 aliphatic rings. The van der Waals surface area contributed by atoms with Gasteiger partial charge in [-0.2, -0.15) is 0 Å². The number of anilines is 2. The van der Waals surface area contributed by atoms with Gasteiger partial charge in [-0.05, 0) is 47.1 Å². The summed E-state index contributed by atoms with van der Waals surface area (Å²) < 4.78 is 9.29. The topological polar surface area (TPSA) is 59.4 Å². The third-order valence-corrected chi connectivity index (χ3v) is 5.87. The van der Waals surface area contributed by atoms with Crippen molar-refractivity contribution in [1.82, 2.24) is 9.55 Å². The maximum atomic E-state index is 12.6. The van der Waals surface area contributed by atoms with Crippen LogP contribution in [0.4, 0.5) is 10.8 Å². The van der Waals surface area contributed by atoms with E-state index in [4.69, 9.17) is 9.72 Å². The summed E-state index contributed by atoms with van der Waals surface area (Å²) in [7, 11) is 0. The highest BCUT2D eigenvalue weighted by atomic mass is 79.9. The van der Waals surface area contributed by atoms with Crippen LogP contribution in [0.15, 0.2) is 34.9 Å². The van der Waals surface area contributed by atoms with Gasteiger partial charge in [0.2, 0.25) is 0 Å². The van der Waals surface area contributed by atoms with Crippen LogP contribution >= 0.6 is 27.3 Å². The first-order valence-corrected chi connectivity index (χ1v) is 10.2. The normalized spacial score (nSPS) is 14.8. The molecule has 1 aliphatic heterocycles. The molecule has 0 saturated carbocycles.